The zero-order chi connectivity index (χ0) is 12.4. The molecule has 0 unspecified atom stereocenters. The van der Waals surface area contributed by atoms with E-state index >= 15 is 0 Å². The third kappa shape index (κ3) is 2.02. The third-order valence-corrected chi connectivity index (χ3v) is 2.66. The van der Waals surface area contributed by atoms with E-state index in [2.05, 4.69) is 32.1 Å². The minimum absolute atomic E-state index is 0.813. The highest BCUT2D eigenvalue weighted by molar-refractivity contribution is 5.59. The molecular weight excluding hydrogens is 216 g/mol. The average Bonchev–Trinajstić information content (AvgIpc) is 2.82. The highest BCUT2D eigenvalue weighted by atomic mass is 15.4. The Morgan fingerprint density at radius 3 is 2.59 bits per heavy atom. The summed E-state index contributed by atoms with van der Waals surface area (Å²) in [6, 6.07) is 0. The molecule has 92 valence electrons. The van der Waals surface area contributed by atoms with E-state index < -0.39 is 0 Å². The van der Waals surface area contributed by atoms with Crippen LogP contribution in [0.1, 0.15) is 19.5 Å². The van der Waals surface area contributed by atoms with Crippen molar-refractivity contribution in [1.29, 1.82) is 0 Å². The van der Waals surface area contributed by atoms with E-state index in [0.29, 0.717) is 0 Å². The van der Waals surface area contributed by atoms with Crippen molar-refractivity contribution in [2.45, 2.75) is 27.3 Å². The van der Waals surface area contributed by atoms with Gasteiger partial charge in [0.15, 0.2) is 5.82 Å². The normalized spacial score (nSPS) is 10.8. The van der Waals surface area contributed by atoms with Crippen molar-refractivity contribution in [3.05, 3.63) is 11.9 Å². The predicted molar refractivity (Wildman–Crippen MR) is 66.8 cm³/mol. The molecule has 2 aromatic heterocycles. The smallest absolute Gasteiger partial charge is 0.224 e. The van der Waals surface area contributed by atoms with E-state index in [1.807, 2.05) is 27.1 Å². The maximum atomic E-state index is 4.33. The standard InChI is InChI=1S/C11H18N6/c1-5-12-11-14-13-10(17(11)6-2)9-7-16(4)15-8(9)3/h7H,5-6H2,1-4H3,(H,12,14). The molecular formula is C11H18N6. The molecule has 0 aliphatic rings. The summed E-state index contributed by atoms with van der Waals surface area (Å²) >= 11 is 0. The Bertz CT molecular complexity index is 510. The molecule has 0 saturated carbocycles. The summed E-state index contributed by atoms with van der Waals surface area (Å²) in [6.07, 6.45) is 1.97. The number of hydrogen-bond donors (Lipinski definition) is 1. The SMILES string of the molecule is CCNc1nnc(-c2cn(C)nc2C)n1CC. The first-order valence-corrected chi connectivity index (χ1v) is 5.85. The zero-order valence-corrected chi connectivity index (χ0v) is 10.7. The molecule has 2 aromatic rings. The fourth-order valence-electron chi connectivity index (χ4n) is 1.91. The summed E-state index contributed by atoms with van der Waals surface area (Å²) in [7, 11) is 1.91. The van der Waals surface area contributed by atoms with Crippen LogP contribution in [0.3, 0.4) is 0 Å². The number of nitrogens with zero attached hydrogens (tertiary/aromatic N) is 5. The number of anilines is 1. The second kappa shape index (κ2) is 4.57. The molecule has 6 heteroatoms. The van der Waals surface area contributed by atoms with Crippen molar-refractivity contribution in [2.24, 2.45) is 7.05 Å². The minimum atomic E-state index is 0.813. The van der Waals surface area contributed by atoms with E-state index in [4.69, 9.17) is 0 Å². The number of aryl methyl sites for hydroxylation is 2. The molecule has 0 atom stereocenters. The molecule has 0 bridgehead atoms. The third-order valence-electron chi connectivity index (χ3n) is 2.66. The van der Waals surface area contributed by atoms with Crippen LogP contribution in [-0.2, 0) is 13.6 Å². The van der Waals surface area contributed by atoms with E-state index in [0.717, 1.165) is 36.1 Å². The van der Waals surface area contributed by atoms with Gasteiger partial charge in [0.2, 0.25) is 5.95 Å². The lowest BCUT2D eigenvalue weighted by Gasteiger charge is -2.06. The van der Waals surface area contributed by atoms with Gasteiger partial charge in [-0.25, -0.2) is 0 Å². The quantitative estimate of drug-likeness (QED) is 0.869. The van der Waals surface area contributed by atoms with E-state index in [9.17, 15) is 0 Å². The lowest BCUT2D eigenvalue weighted by molar-refractivity contribution is 0.756. The van der Waals surface area contributed by atoms with Crippen molar-refractivity contribution in [2.75, 3.05) is 11.9 Å². The Morgan fingerprint density at radius 1 is 1.29 bits per heavy atom. The molecule has 0 radical (unpaired) electrons. The molecule has 0 fully saturated rings. The van der Waals surface area contributed by atoms with Gasteiger partial charge in [0.05, 0.1) is 11.3 Å². The summed E-state index contributed by atoms with van der Waals surface area (Å²) in [6.45, 7) is 7.78. The van der Waals surface area contributed by atoms with Crippen LogP contribution in [0.2, 0.25) is 0 Å². The summed E-state index contributed by atoms with van der Waals surface area (Å²) < 4.78 is 3.86. The fourth-order valence-corrected chi connectivity index (χ4v) is 1.91. The fraction of sp³-hybridized carbons (Fsp3) is 0.545. The van der Waals surface area contributed by atoms with Crippen LogP contribution >= 0.6 is 0 Å². The maximum absolute atomic E-state index is 4.33. The lowest BCUT2D eigenvalue weighted by atomic mass is 10.2. The first-order valence-electron chi connectivity index (χ1n) is 5.85. The summed E-state index contributed by atoms with van der Waals surface area (Å²) in [5.41, 5.74) is 2.00. The number of aromatic nitrogens is 5. The minimum Gasteiger partial charge on any atom is -0.355 e. The van der Waals surface area contributed by atoms with Crippen molar-refractivity contribution in [1.82, 2.24) is 24.5 Å². The first-order chi connectivity index (χ1) is 8.17. The summed E-state index contributed by atoms with van der Waals surface area (Å²) in [4.78, 5) is 0. The Balaban J connectivity index is 2.48. The highest BCUT2D eigenvalue weighted by Gasteiger charge is 2.15. The number of hydrogen-bond acceptors (Lipinski definition) is 4. The first kappa shape index (κ1) is 11.6. The van der Waals surface area contributed by atoms with Gasteiger partial charge in [0.1, 0.15) is 0 Å². The Hall–Kier alpha value is -1.85. The van der Waals surface area contributed by atoms with Gasteiger partial charge in [-0.15, -0.1) is 10.2 Å². The van der Waals surface area contributed by atoms with Crippen molar-refractivity contribution < 1.29 is 0 Å². The van der Waals surface area contributed by atoms with E-state index in [-0.39, 0.29) is 0 Å². The molecule has 2 heterocycles. The van der Waals surface area contributed by atoms with Gasteiger partial charge in [-0.05, 0) is 20.8 Å². The van der Waals surface area contributed by atoms with Gasteiger partial charge in [0, 0.05) is 26.3 Å². The van der Waals surface area contributed by atoms with E-state index in [1.165, 1.54) is 0 Å². The maximum Gasteiger partial charge on any atom is 0.224 e. The second-order valence-electron chi connectivity index (χ2n) is 3.92. The average molecular weight is 234 g/mol. The van der Waals surface area contributed by atoms with Crippen LogP contribution in [-0.4, -0.2) is 31.1 Å². The topological polar surface area (TPSA) is 60.6 Å². The Kier molecular flexibility index (Phi) is 3.12. The Morgan fingerprint density at radius 2 is 2.06 bits per heavy atom. The van der Waals surface area contributed by atoms with Gasteiger partial charge in [-0.2, -0.15) is 5.10 Å². The molecule has 17 heavy (non-hydrogen) atoms. The van der Waals surface area contributed by atoms with Gasteiger partial charge in [-0.1, -0.05) is 0 Å². The van der Waals surface area contributed by atoms with Crippen molar-refractivity contribution in [3.63, 3.8) is 0 Å². The number of nitrogens with one attached hydrogen (secondary N) is 1. The molecule has 0 aliphatic heterocycles. The summed E-state index contributed by atoms with van der Waals surface area (Å²) in [5.74, 6) is 1.68. The van der Waals surface area contributed by atoms with E-state index in [1.54, 1.807) is 4.68 Å². The Labute approximate surface area is 101 Å². The molecule has 0 aliphatic carbocycles. The molecule has 0 saturated heterocycles. The molecule has 0 aromatic carbocycles. The van der Waals surface area contributed by atoms with Gasteiger partial charge < -0.3 is 5.32 Å². The van der Waals surface area contributed by atoms with Crippen molar-refractivity contribution in [3.8, 4) is 11.4 Å². The van der Waals surface area contributed by atoms with Crippen LogP contribution in [0.5, 0.6) is 0 Å². The van der Waals surface area contributed by atoms with Crippen molar-refractivity contribution >= 4 is 5.95 Å². The summed E-state index contributed by atoms with van der Waals surface area (Å²) in [5, 5.41) is 16.0. The van der Waals surface area contributed by atoms with Crippen LogP contribution < -0.4 is 5.32 Å². The molecule has 0 spiro atoms. The van der Waals surface area contributed by atoms with Crippen LogP contribution in [0, 0.1) is 6.92 Å². The number of rotatable bonds is 4. The lowest BCUT2D eigenvalue weighted by Crippen LogP contribution is -2.06. The highest BCUT2D eigenvalue weighted by Crippen LogP contribution is 2.22. The molecule has 6 nitrogen and oxygen atoms in total. The van der Waals surface area contributed by atoms with Crippen LogP contribution in [0.4, 0.5) is 5.95 Å². The van der Waals surface area contributed by atoms with Gasteiger partial charge >= 0.3 is 0 Å². The zero-order valence-electron chi connectivity index (χ0n) is 10.7. The molecule has 0 amide bonds. The largest absolute Gasteiger partial charge is 0.355 e. The monoisotopic (exact) mass is 234 g/mol. The van der Waals surface area contributed by atoms with Crippen LogP contribution in [0.25, 0.3) is 11.4 Å². The molecule has 1 N–H and O–H groups in total. The predicted octanol–water partition coefficient (Wildman–Crippen LogP) is 1.44. The molecule has 2 rings (SSSR count). The van der Waals surface area contributed by atoms with Gasteiger partial charge in [-0.3, -0.25) is 9.25 Å². The van der Waals surface area contributed by atoms with Gasteiger partial charge in [0.25, 0.3) is 0 Å². The van der Waals surface area contributed by atoms with Crippen LogP contribution in [0.15, 0.2) is 6.20 Å². The second-order valence-corrected chi connectivity index (χ2v) is 3.92.